The maximum absolute atomic E-state index is 12.9. The van der Waals surface area contributed by atoms with E-state index in [0.29, 0.717) is 29.1 Å². The molecule has 1 aromatic heterocycles. The molecule has 25 heavy (non-hydrogen) atoms. The number of esters is 1. The van der Waals surface area contributed by atoms with E-state index in [4.69, 9.17) is 4.74 Å². The van der Waals surface area contributed by atoms with Crippen LogP contribution >= 0.6 is 0 Å². The number of ether oxygens (including phenoxy) is 1. The van der Waals surface area contributed by atoms with Gasteiger partial charge in [0.15, 0.2) is 5.78 Å². The standard InChI is InChI=1S/C19H26N2O4/c1-6-10-21(18(23)14-8-7-9-14)11-15(22)16-12(2)17(19(24)25-5)20(4)13(16)3/h6,14H,1,7-11H2,2-5H3. The molecule has 2 rings (SSSR count). The Balaban J connectivity index is 2.28. The summed E-state index contributed by atoms with van der Waals surface area (Å²) >= 11 is 0. The van der Waals surface area contributed by atoms with Gasteiger partial charge in [-0.2, -0.15) is 0 Å². The Morgan fingerprint density at radius 1 is 1.32 bits per heavy atom. The molecule has 1 heterocycles. The monoisotopic (exact) mass is 346 g/mol. The van der Waals surface area contributed by atoms with Crippen molar-refractivity contribution in [2.24, 2.45) is 13.0 Å². The fourth-order valence-corrected chi connectivity index (χ4v) is 3.33. The van der Waals surface area contributed by atoms with Gasteiger partial charge in [-0.15, -0.1) is 6.58 Å². The lowest BCUT2D eigenvalue weighted by Crippen LogP contribution is -2.42. The second-order valence-electron chi connectivity index (χ2n) is 6.54. The van der Waals surface area contributed by atoms with Gasteiger partial charge in [-0.1, -0.05) is 12.5 Å². The summed E-state index contributed by atoms with van der Waals surface area (Å²) in [6.45, 7) is 7.54. The molecule has 6 heteroatoms. The van der Waals surface area contributed by atoms with E-state index in [0.717, 1.165) is 19.3 Å². The Labute approximate surface area is 148 Å². The lowest BCUT2D eigenvalue weighted by molar-refractivity contribution is -0.137. The molecule has 1 aliphatic carbocycles. The van der Waals surface area contributed by atoms with Crippen LogP contribution in [0.15, 0.2) is 12.7 Å². The van der Waals surface area contributed by atoms with Crippen molar-refractivity contribution >= 4 is 17.7 Å². The van der Waals surface area contributed by atoms with Crippen molar-refractivity contribution < 1.29 is 19.1 Å². The minimum Gasteiger partial charge on any atom is -0.464 e. The predicted octanol–water partition coefficient (Wildman–Crippen LogP) is 2.43. The van der Waals surface area contributed by atoms with Crippen molar-refractivity contribution in [2.45, 2.75) is 33.1 Å². The number of aromatic nitrogens is 1. The van der Waals surface area contributed by atoms with Crippen LogP contribution in [-0.4, -0.2) is 47.3 Å². The SMILES string of the molecule is C=CCN(CC(=O)c1c(C)c(C(=O)OC)n(C)c1C)C(=O)C1CCC1. The first-order valence-corrected chi connectivity index (χ1v) is 8.50. The van der Waals surface area contributed by atoms with Gasteiger partial charge in [0.05, 0.1) is 13.7 Å². The van der Waals surface area contributed by atoms with Gasteiger partial charge < -0.3 is 14.2 Å². The fraction of sp³-hybridized carbons (Fsp3) is 0.526. The number of carbonyl (C=O) groups is 3. The third-order valence-electron chi connectivity index (χ3n) is 5.04. The van der Waals surface area contributed by atoms with Gasteiger partial charge in [-0.25, -0.2) is 4.79 Å². The number of carbonyl (C=O) groups excluding carboxylic acids is 3. The van der Waals surface area contributed by atoms with E-state index in [1.165, 1.54) is 7.11 Å². The molecule has 0 aliphatic heterocycles. The van der Waals surface area contributed by atoms with Crippen molar-refractivity contribution in [2.75, 3.05) is 20.2 Å². The molecular formula is C19H26N2O4. The Bertz CT molecular complexity index is 713. The minimum absolute atomic E-state index is 0.00629. The highest BCUT2D eigenvalue weighted by molar-refractivity contribution is 6.04. The van der Waals surface area contributed by atoms with Crippen LogP contribution in [0.2, 0.25) is 0 Å². The molecule has 0 bridgehead atoms. The maximum atomic E-state index is 12.9. The van der Waals surface area contributed by atoms with Gasteiger partial charge in [0.2, 0.25) is 5.91 Å². The molecular weight excluding hydrogens is 320 g/mol. The third kappa shape index (κ3) is 3.52. The zero-order chi connectivity index (χ0) is 18.7. The van der Waals surface area contributed by atoms with Crippen LogP contribution in [-0.2, 0) is 16.6 Å². The lowest BCUT2D eigenvalue weighted by Gasteiger charge is -2.30. The topological polar surface area (TPSA) is 68.6 Å². The zero-order valence-corrected chi connectivity index (χ0v) is 15.4. The van der Waals surface area contributed by atoms with Crippen molar-refractivity contribution in [3.8, 4) is 0 Å². The van der Waals surface area contributed by atoms with Crippen LogP contribution < -0.4 is 0 Å². The Kier molecular flexibility index (Phi) is 5.82. The second-order valence-corrected chi connectivity index (χ2v) is 6.54. The molecule has 0 radical (unpaired) electrons. The molecule has 0 spiro atoms. The van der Waals surface area contributed by atoms with Crippen molar-refractivity contribution in [3.63, 3.8) is 0 Å². The second kappa shape index (κ2) is 7.68. The average molecular weight is 346 g/mol. The number of rotatable bonds is 7. The number of amides is 1. The van der Waals surface area contributed by atoms with Gasteiger partial charge in [0.1, 0.15) is 5.69 Å². The first kappa shape index (κ1) is 19.0. The summed E-state index contributed by atoms with van der Waals surface area (Å²) in [5.74, 6) is -0.610. The summed E-state index contributed by atoms with van der Waals surface area (Å²) in [6.07, 6.45) is 4.47. The molecule has 0 N–H and O–H groups in total. The normalized spacial score (nSPS) is 13.9. The summed E-state index contributed by atoms with van der Waals surface area (Å²) in [5.41, 5.74) is 2.13. The van der Waals surface area contributed by atoms with Crippen molar-refractivity contribution in [1.29, 1.82) is 0 Å². The maximum Gasteiger partial charge on any atom is 0.354 e. The van der Waals surface area contributed by atoms with Gasteiger partial charge >= 0.3 is 5.97 Å². The first-order valence-electron chi connectivity index (χ1n) is 8.50. The molecule has 6 nitrogen and oxygen atoms in total. The van der Waals surface area contributed by atoms with Crippen LogP contribution in [0.1, 0.15) is 51.4 Å². The Morgan fingerprint density at radius 2 is 1.96 bits per heavy atom. The Morgan fingerprint density at radius 3 is 2.44 bits per heavy atom. The molecule has 1 aromatic rings. The van der Waals surface area contributed by atoms with Gasteiger partial charge in [-0.05, 0) is 32.3 Å². The van der Waals surface area contributed by atoms with E-state index < -0.39 is 5.97 Å². The van der Waals surface area contributed by atoms with E-state index in [1.54, 1.807) is 36.4 Å². The molecule has 0 atom stereocenters. The molecule has 1 saturated carbocycles. The lowest BCUT2D eigenvalue weighted by atomic mass is 9.84. The van der Waals surface area contributed by atoms with E-state index in [2.05, 4.69) is 6.58 Å². The Hall–Kier alpha value is -2.37. The third-order valence-corrected chi connectivity index (χ3v) is 5.04. The molecule has 1 amide bonds. The molecule has 0 saturated heterocycles. The number of hydrogen-bond acceptors (Lipinski definition) is 4. The zero-order valence-electron chi connectivity index (χ0n) is 15.4. The van der Waals surface area contributed by atoms with Gasteiger partial charge in [0, 0.05) is 30.8 Å². The minimum atomic E-state index is -0.476. The summed E-state index contributed by atoms with van der Waals surface area (Å²) < 4.78 is 6.48. The number of ketones is 1. The van der Waals surface area contributed by atoms with Gasteiger partial charge in [0.25, 0.3) is 0 Å². The molecule has 1 aliphatic rings. The quantitative estimate of drug-likeness (QED) is 0.432. The summed E-state index contributed by atoms with van der Waals surface area (Å²) in [7, 11) is 3.04. The largest absolute Gasteiger partial charge is 0.464 e. The number of hydrogen-bond donors (Lipinski definition) is 0. The van der Waals surface area contributed by atoms with E-state index >= 15 is 0 Å². The van der Waals surface area contributed by atoms with E-state index in [1.807, 2.05) is 0 Å². The highest BCUT2D eigenvalue weighted by Crippen LogP contribution is 2.29. The smallest absolute Gasteiger partial charge is 0.354 e. The number of methoxy groups -OCH3 is 1. The van der Waals surface area contributed by atoms with Crippen molar-refractivity contribution in [3.05, 3.63) is 35.2 Å². The van der Waals surface area contributed by atoms with Crippen LogP contribution in [0.5, 0.6) is 0 Å². The van der Waals surface area contributed by atoms with Crippen LogP contribution in [0.25, 0.3) is 0 Å². The van der Waals surface area contributed by atoms with Crippen molar-refractivity contribution in [1.82, 2.24) is 9.47 Å². The number of Topliss-reactive ketones (excluding diaryl/α,β-unsaturated/α-hetero) is 1. The fourth-order valence-electron chi connectivity index (χ4n) is 3.33. The van der Waals surface area contributed by atoms with Gasteiger partial charge in [-0.3, -0.25) is 9.59 Å². The highest BCUT2D eigenvalue weighted by atomic mass is 16.5. The number of nitrogens with zero attached hydrogens (tertiary/aromatic N) is 2. The van der Waals surface area contributed by atoms with E-state index in [9.17, 15) is 14.4 Å². The first-order chi connectivity index (χ1) is 11.8. The average Bonchev–Trinajstić information content (AvgIpc) is 2.74. The molecule has 1 fully saturated rings. The highest BCUT2D eigenvalue weighted by Gasteiger charge is 2.31. The molecule has 136 valence electrons. The summed E-state index contributed by atoms with van der Waals surface area (Å²) in [6, 6.07) is 0. The predicted molar refractivity (Wildman–Crippen MR) is 94.7 cm³/mol. The summed E-state index contributed by atoms with van der Waals surface area (Å²) in [4.78, 5) is 39.0. The molecule has 0 aromatic carbocycles. The summed E-state index contributed by atoms with van der Waals surface area (Å²) in [5, 5.41) is 0. The van der Waals surface area contributed by atoms with Crippen LogP contribution in [0, 0.1) is 19.8 Å². The van der Waals surface area contributed by atoms with Crippen LogP contribution in [0.4, 0.5) is 0 Å². The molecule has 0 unspecified atom stereocenters. The van der Waals surface area contributed by atoms with E-state index in [-0.39, 0.29) is 24.2 Å². The van der Waals surface area contributed by atoms with Crippen LogP contribution in [0.3, 0.4) is 0 Å².